The van der Waals surface area contributed by atoms with Gasteiger partial charge < -0.3 is 23.4 Å². The third-order valence-corrected chi connectivity index (χ3v) is 13.8. The van der Waals surface area contributed by atoms with Gasteiger partial charge in [0.15, 0.2) is 8.32 Å². The zero-order valence-corrected chi connectivity index (χ0v) is 27.9. The van der Waals surface area contributed by atoms with Crippen LogP contribution in [-0.2, 0) is 38.3 Å². The highest BCUT2D eigenvalue weighted by Crippen LogP contribution is 2.41. The molecular formula is C37H48O6Si. The summed E-state index contributed by atoms with van der Waals surface area (Å²) in [6, 6.07) is 25.9. The highest BCUT2D eigenvalue weighted by Gasteiger charge is 2.44. The van der Waals surface area contributed by atoms with Crippen LogP contribution in [0.25, 0.3) is 0 Å². The van der Waals surface area contributed by atoms with E-state index in [-0.39, 0.29) is 35.4 Å². The van der Waals surface area contributed by atoms with Crippen LogP contribution < -0.4 is 4.74 Å². The first kappa shape index (κ1) is 32.4. The lowest BCUT2D eigenvalue weighted by atomic mass is 9.91. The van der Waals surface area contributed by atoms with Gasteiger partial charge in [-0.1, -0.05) is 93.6 Å². The normalized spacial score (nSPS) is 22.5. The molecule has 0 saturated carbocycles. The molecule has 6 nitrogen and oxygen atoms in total. The number of benzene rings is 3. The molecule has 1 fully saturated rings. The number of esters is 1. The second-order valence-electron chi connectivity index (χ2n) is 13.6. The second-order valence-corrected chi connectivity index (χ2v) is 18.4. The Kier molecular flexibility index (Phi) is 10.6. The van der Waals surface area contributed by atoms with Gasteiger partial charge in [0.1, 0.15) is 24.0 Å². The predicted octanol–water partition coefficient (Wildman–Crippen LogP) is 8.28. The molecule has 4 atom stereocenters. The first-order chi connectivity index (χ1) is 21.1. The van der Waals surface area contributed by atoms with Gasteiger partial charge in [0.05, 0.1) is 31.5 Å². The minimum Gasteiger partial charge on any atom is -0.488 e. The topological polar surface area (TPSA) is 63.2 Å². The van der Waals surface area contributed by atoms with Gasteiger partial charge in [0, 0.05) is 19.3 Å². The van der Waals surface area contributed by atoms with E-state index in [2.05, 4.69) is 46.0 Å². The van der Waals surface area contributed by atoms with E-state index in [1.807, 2.05) is 66.7 Å². The minimum atomic E-state index is -2.04. The molecule has 0 radical (unpaired) electrons. The Bertz CT molecular complexity index is 1350. The molecule has 3 aromatic carbocycles. The Hall–Kier alpha value is -2.97. The number of hydrogen-bond donors (Lipinski definition) is 0. The van der Waals surface area contributed by atoms with Crippen LogP contribution in [0.2, 0.25) is 18.1 Å². The minimum absolute atomic E-state index is 0.00903. The predicted molar refractivity (Wildman–Crippen MR) is 175 cm³/mol. The van der Waals surface area contributed by atoms with E-state index in [9.17, 15) is 4.79 Å². The van der Waals surface area contributed by atoms with Crippen molar-refractivity contribution in [2.24, 2.45) is 0 Å². The van der Waals surface area contributed by atoms with Gasteiger partial charge in [0.2, 0.25) is 0 Å². The highest BCUT2D eigenvalue weighted by molar-refractivity contribution is 6.74. The second kappa shape index (κ2) is 14.4. The monoisotopic (exact) mass is 616 g/mol. The van der Waals surface area contributed by atoms with Crippen molar-refractivity contribution in [2.75, 3.05) is 6.61 Å². The molecule has 0 N–H and O–H groups in total. The Morgan fingerprint density at radius 3 is 2.23 bits per heavy atom. The van der Waals surface area contributed by atoms with E-state index in [0.29, 0.717) is 50.4 Å². The lowest BCUT2D eigenvalue weighted by Crippen LogP contribution is -2.51. The number of carbonyl (C=O) groups is 1. The number of rotatable bonds is 10. The molecule has 2 aliphatic rings. The summed E-state index contributed by atoms with van der Waals surface area (Å²) in [5, 5.41) is 0.0881. The van der Waals surface area contributed by atoms with Crippen molar-refractivity contribution in [1.82, 2.24) is 0 Å². The fourth-order valence-electron chi connectivity index (χ4n) is 5.74. The van der Waals surface area contributed by atoms with Crippen molar-refractivity contribution < 1.29 is 28.2 Å². The van der Waals surface area contributed by atoms with Crippen LogP contribution in [0.5, 0.6) is 5.75 Å². The Balaban J connectivity index is 1.39. The van der Waals surface area contributed by atoms with E-state index in [4.69, 9.17) is 23.4 Å². The number of ether oxygens (including phenoxy) is 4. The van der Waals surface area contributed by atoms with Crippen molar-refractivity contribution in [2.45, 2.75) is 109 Å². The van der Waals surface area contributed by atoms with Gasteiger partial charge in [-0.2, -0.15) is 0 Å². The van der Waals surface area contributed by atoms with Crippen LogP contribution in [0, 0.1) is 0 Å². The molecule has 2 bridgehead atoms. The molecule has 7 heteroatoms. The maximum Gasteiger partial charge on any atom is 0.342 e. The van der Waals surface area contributed by atoms with E-state index < -0.39 is 8.32 Å². The van der Waals surface area contributed by atoms with Crippen LogP contribution in [0.4, 0.5) is 0 Å². The average Bonchev–Trinajstić information content (AvgIpc) is 2.99. The standard InChI is InChI=1S/C37H48O6Si/c1-37(2,3)44(4,5)43-32-20-19-30-24-31(21-22-39-25-27-13-8-6-9-14-27)42-36(38)35-29(23-34(32)41-30)17-12-18-33(35)40-26-28-15-10-7-11-16-28/h6-18,30-32,34H,19-26H2,1-5H3/t30-,31+,32-,34+/m1/s1. The van der Waals surface area contributed by atoms with Crippen LogP contribution in [-0.4, -0.2) is 45.3 Å². The maximum atomic E-state index is 14.0. The van der Waals surface area contributed by atoms with Crippen molar-refractivity contribution >= 4 is 14.3 Å². The van der Waals surface area contributed by atoms with Crippen LogP contribution >= 0.6 is 0 Å². The van der Waals surface area contributed by atoms with E-state index in [1.54, 1.807) is 0 Å². The molecule has 0 aliphatic carbocycles. The summed E-state index contributed by atoms with van der Waals surface area (Å²) in [4.78, 5) is 14.0. The molecule has 0 amide bonds. The Morgan fingerprint density at radius 1 is 0.864 bits per heavy atom. The van der Waals surface area contributed by atoms with Crippen LogP contribution in [0.3, 0.4) is 0 Å². The van der Waals surface area contributed by atoms with Crippen molar-refractivity contribution in [3.63, 3.8) is 0 Å². The van der Waals surface area contributed by atoms with E-state index in [0.717, 1.165) is 29.5 Å². The third-order valence-electron chi connectivity index (χ3n) is 9.28. The van der Waals surface area contributed by atoms with Crippen molar-refractivity contribution in [3.8, 4) is 5.75 Å². The lowest BCUT2D eigenvalue weighted by Gasteiger charge is -2.45. The lowest BCUT2D eigenvalue weighted by molar-refractivity contribution is -0.125. The fourth-order valence-corrected chi connectivity index (χ4v) is 7.12. The summed E-state index contributed by atoms with van der Waals surface area (Å²) in [6.45, 7) is 12.8. The summed E-state index contributed by atoms with van der Waals surface area (Å²) in [6.07, 6.45) is 3.05. The van der Waals surface area contributed by atoms with Gasteiger partial charge in [-0.3, -0.25) is 0 Å². The summed E-state index contributed by atoms with van der Waals surface area (Å²) < 4.78 is 32.3. The molecule has 3 aromatic rings. The fraction of sp³-hybridized carbons (Fsp3) is 0.486. The molecule has 1 saturated heterocycles. The summed E-state index contributed by atoms with van der Waals surface area (Å²) in [5.41, 5.74) is 3.51. The third kappa shape index (κ3) is 8.39. The van der Waals surface area contributed by atoms with Crippen molar-refractivity contribution in [3.05, 3.63) is 101 Å². The quantitative estimate of drug-likeness (QED) is 0.130. The summed E-state index contributed by atoms with van der Waals surface area (Å²) in [5.74, 6) is 0.184. The first-order valence-corrected chi connectivity index (χ1v) is 18.9. The molecule has 2 heterocycles. The van der Waals surface area contributed by atoms with E-state index in [1.165, 1.54) is 0 Å². The SMILES string of the molecule is CC(C)(C)[Si](C)(C)O[C@@H]1CC[C@@H]2C[C@H](CCOCc3ccccc3)OC(=O)c3c(cccc3OCc3ccccc3)C[C@@H]1O2. The molecule has 236 valence electrons. The first-order valence-electron chi connectivity index (χ1n) is 16.0. The number of hydrogen-bond acceptors (Lipinski definition) is 6. The molecule has 2 aliphatic heterocycles. The van der Waals surface area contributed by atoms with Gasteiger partial charge in [-0.05, 0) is 53.7 Å². The molecule has 44 heavy (non-hydrogen) atoms. The maximum absolute atomic E-state index is 14.0. The zero-order valence-electron chi connectivity index (χ0n) is 26.9. The Labute approximate surface area is 264 Å². The average molecular weight is 617 g/mol. The molecule has 0 unspecified atom stereocenters. The number of cyclic esters (lactones) is 1. The van der Waals surface area contributed by atoms with Gasteiger partial charge in [-0.15, -0.1) is 0 Å². The van der Waals surface area contributed by atoms with Crippen molar-refractivity contribution in [1.29, 1.82) is 0 Å². The summed E-state index contributed by atoms with van der Waals surface area (Å²) >= 11 is 0. The van der Waals surface area contributed by atoms with Gasteiger partial charge in [-0.25, -0.2) is 4.79 Å². The molecule has 0 spiro atoms. The van der Waals surface area contributed by atoms with Gasteiger partial charge >= 0.3 is 5.97 Å². The molecular weight excluding hydrogens is 568 g/mol. The highest BCUT2D eigenvalue weighted by atomic mass is 28.4. The largest absolute Gasteiger partial charge is 0.488 e. The van der Waals surface area contributed by atoms with E-state index >= 15 is 0 Å². The van der Waals surface area contributed by atoms with Crippen LogP contribution in [0.15, 0.2) is 78.9 Å². The number of fused-ring (bicyclic) bond motifs is 3. The Morgan fingerprint density at radius 2 is 1.55 bits per heavy atom. The van der Waals surface area contributed by atoms with Gasteiger partial charge in [0.25, 0.3) is 0 Å². The number of carbonyl (C=O) groups excluding carboxylic acids is 1. The zero-order chi connectivity index (χ0) is 31.2. The van der Waals surface area contributed by atoms with Crippen LogP contribution in [0.1, 0.15) is 73.5 Å². The molecule has 5 rings (SSSR count). The summed E-state index contributed by atoms with van der Waals surface area (Å²) in [7, 11) is -2.04. The smallest absolute Gasteiger partial charge is 0.342 e. The molecule has 0 aromatic heterocycles.